The summed E-state index contributed by atoms with van der Waals surface area (Å²) in [5.41, 5.74) is 5.61. The Labute approximate surface area is 245 Å². The molecule has 0 bridgehead atoms. The number of amides is 1. The Morgan fingerprint density at radius 2 is 1.67 bits per heavy atom. The Morgan fingerprint density at radius 3 is 2.33 bits per heavy atom. The number of H-pyrrole nitrogens is 1. The summed E-state index contributed by atoms with van der Waals surface area (Å²) < 4.78 is 15.2. The molecule has 2 saturated heterocycles. The number of aromatic nitrogens is 4. The first-order valence-corrected chi connectivity index (χ1v) is 14.7. The average molecular weight is 567 g/mol. The van der Waals surface area contributed by atoms with Crippen molar-refractivity contribution in [1.29, 1.82) is 5.26 Å². The van der Waals surface area contributed by atoms with Crippen LogP contribution in [0.15, 0.2) is 48.8 Å². The maximum absolute atomic E-state index is 15.2. The molecule has 2 aromatic heterocycles. The lowest BCUT2D eigenvalue weighted by Crippen LogP contribution is -2.48. The molecule has 6 rings (SSSR count). The first kappa shape index (κ1) is 27.9. The fourth-order valence-corrected chi connectivity index (χ4v) is 5.94. The Kier molecular flexibility index (Phi) is 8.22. The molecule has 2 aliphatic rings. The SMILES string of the molecule is CCc1cnc(CN2CCC(c3cc4[nH]c(C(=O)N5CCN(Cc6ccc(C#N)cc6)CC5)nc4cc3F)CC2)cn1. The van der Waals surface area contributed by atoms with Gasteiger partial charge in [-0.2, -0.15) is 5.26 Å². The monoisotopic (exact) mass is 566 g/mol. The number of piperidine rings is 1. The maximum atomic E-state index is 15.2. The molecule has 1 amide bonds. The average Bonchev–Trinajstić information content (AvgIpc) is 3.45. The molecule has 0 atom stereocenters. The van der Waals surface area contributed by atoms with Crippen LogP contribution >= 0.6 is 0 Å². The molecule has 2 aliphatic heterocycles. The van der Waals surface area contributed by atoms with Gasteiger partial charge < -0.3 is 9.88 Å². The summed E-state index contributed by atoms with van der Waals surface area (Å²) in [6, 6.07) is 13.1. The van der Waals surface area contributed by atoms with Gasteiger partial charge in [-0.1, -0.05) is 19.1 Å². The molecule has 0 saturated carbocycles. The molecule has 0 unspecified atom stereocenters. The predicted molar refractivity (Wildman–Crippen MR) is 157 cm³/mol. The molecule has 2 aromatic carbocycles. The molecule has 10 heteroatoms. The van der Waals surface area contributed by atoms with Gasteiger partial charge >= 0.3 is 0 Å². The molecule has 2 fully saturated rings. The molecule has 42 heavy (non-hydrogen) atoms. The minimum atomic E-state index is -0.260. The molecule has 9 nitrogen and oxygen atoms in total. The number of hydrogen-bond donors (Lipinski definition) is 1. The van der Waals surface area contributed by atoms with Crippen LogP contribution in [0.4, 0.5) is 4.39 Å². The standard InChI is InChI=1S/C32H35FN8O/c1-2-25-18-36-26(19-35-25)21-39-9-7-24(8-10-39)27-15-29-30(16-28(27)33)38-31(37-29)32(42)41-13-11-40(12-14-41)20-23-5-3-22(17-34)4-6-23/h3-6,15-16,18-19,24H,2,7-14,20-21H2,1H3,(H,37,38). The Hall–Kier alpha value is -4.20. The van der Waals surface area contributed by atoms with Gasteiger partial charge in [0.25, 0.3) is 5.91 Å². The zero-order valence-corrected chi connectivity index (χ0v) is 23.9. The van der Waals surface area contributed by atoms with Crippen molar-refractivity contribution in [1.82, 2.24) is 34.6 Å². The third-order valence-corrected chi connectivity index (χ3v) is 8.49. The van der Waals surface area contributed by atoms with Crippen molar-refractivity contribution in [2.45, 2.75) is 45.2 Å². The van der Waals surface area contributed by atoms with Crippen molar-refractivity contribution < 1.29 is 9.18 Å². The van der Waals surface area contributed by atoms with Gasteiger partial charge in [-0.05, 0) is 67.6 Å². The van der Waals surface area contributed by atoms with Crippen LogP contribution in [0.5, 0.6) is 0 Å². The summed E-state index contributed by atoms with van der Waals surface area (Å²) in [4.78, 5) is 36.3. The van der Waals surface area contributed by atoms with E-state index in [1.165, 1.54) is 6.07 Å². The van der Waals surface area contributed by atoms with E-state index in [1.807, 2.05) is 42.7 Å². The Morgan fingerprint density at radius 1 is 0.976 bits per heavy atom. The highest BCUT2D eigenvalue weighted by Crippen LogP contribution is 2.32. The topological polar surface area (TPSA) is 105 Å². The summed E-state index contributed by atoms with van der Waals surface area (Å²) in [5.74, 6) is -0.0450. The van der Waals surface area contributed by atoms with Gasteiger partial charge in [-0.15, -0.1) is 0 Å². The number of aromatic amines is 1. The van der Waals surface area contributed by atoms with Gasteiger partial charge in [0, 0.05) is 51.5 Å². The second-order valence-corrected chi connectivity index (χ2v) is 11.3. The van der Waals surface area contributed by atoms with Gasteiger partial charge in [0.15, 0.2) is 5.82 Å². The summed E-state index contributed by atoms with van der Waals surface area (Å²) in [5, 5.41) is 8.99. The minimum absolute atomic E-state index is 0.117. The highest BCUT2D eigenvalue weighted by atomic mass is 19.1. The predicted octanol–water partition coefficient (Wildman–Crippen LogP) is 4.26. The molecule has 4 heterocycles. The number of halogens is 1. The molecule has 0 spiro atoms. The number of benzene rings is 2. The van der Waals surface area contributed by atoms with Crippen molar-refractivity contribution >= 4 is 16.9 Å². The van der Waals surface area contributed by atoms with Crippen LogP contribution in [0.3, 0.4) is 0 Å². The third kappa shape index (κ3) is 6.17. The third-order valence-electron chi connectivity index (χ3n) is 8.49. The fourth-order valence-electron chi connectivity index (χ4n) is 5.94. The van der Waals surface area contributed by atoms with Gasteiger partial charge in [-0.3, -0.25) is 24.6 Å². The van der Waals surface area contributed by atoms with E-state index in [9.17, 15) is 4.79 Å². The highest BCUT2D eigenvalue weighted by molar-refractivity contribution is 5.94. The van der Waals surface area contributed by atoms with Crippen molar-refractivity contribution in [3.05, 3.63) is 88.5 Å². The van der Waals surface area contributed by atoms with E-state index in [2.05, 4.69) is 42.7 Å². The van der Waals surface area contributed by atoms with E-state index in [-0.39, 0.29) is 23.5 Å². The number of nitrogens with zero attached hydrogens (tertiary/aromatic N) is 7. The van der Waals surface area contributed by atoms with Crippen LogP contribution in [-0.2, 0) is 19.5 Å². The summed E-state index contributed by atoms with van der Waals surface area (Å²) in [6.45, 7) is 8.02. The van der Waals surface area contributed by atoms with Crippen LogP contribution in [0.2, 0.25) is 0 Å². The maximum Gasteiger partial charge on any atom is 0.289 e. The normalized spacial score (nSPS) is 17.0. The Balaban J connectivity index is 1.05. The summed E-state index contributed by atoms with van der Waals surface area (Å²) in [6.07, 6.45) is 6.28. The number of carbonyl (C=O) groups excluding carboxylic acids is 1. The number of piperazine rings is 1. The van der Waals surface area contributed by atoms with E-state index in [1.54, 1.807) is 4.90 Å². The van der Waals surface area contributed by atoms with Crippen molar-refractivity contribution in [2.24, 2.45) is 0 Å². The van der Waals surface area contributed by atoms with E-state index < -0.39 is 0 Å². The quantitative estimate of drug-likeness (QED) is 0.356. The number of hydrogen-bond acceptors (Lipinski definition) is 7. The van der Waals surface area contributed by atoms with Crippen LogP contribution in [-0.4, -0.2) is 79.8 Å². The van der Waals surface area contributed by atoms with E-state index in [0.717, 1.165) is 75.5 Å². The Bertz CT molecular complexity index is 1580. The lowest BCUT2D eigenvalue weighted by Gasteiger charge is -2.34. The lowest BCUT2D eigenvalue weighted by molar-refractivity contribution is 0.0618. The largest absolute Gasteiger partial charge is 0.334 e. The zero-order chi connectivity index (χ0) is 29.1. The number of likely N-dealkylation sites (tertiary alicyclic amines) is 1. The summed E-state index contributed by atoms with van der Waals surface area (Å²) >= 11 is 0. The number of aryl methyl sites for hydroxylation is 1. The van der Waals surface area contributed by atoms with E-state index in [0.29, 0.717) is 35.2 Å². The van der Waals surface area contributed by atoms with Crippen molar-refractivity contribution in [2.75, 3.05) is 39.3 Å². The molecule has 1 N–H and O–H groups in total. The fraction of sp³-hybridized carbons (Fsp3) is 0.406. The first-order valence-electron chi connectivity index (χ1n) is 14.7. The van der Waals surface area contributed by atoms with Crippen LogP contribution < -0.4 is 0 Å². The molecule has 216 valence electrons. The zero-order valence-electron chi connectivity index (χ0n) is 23.9. The van der Waals surface area contributed by atoms with E-state index in [4.69, 9.17) is 5.26 Å². The van der Waals surface area contributed by atoms with Gasteiger partial charge in [0.1, 0.15) is 5.82 Å². The number of carbonyl (C=O) groups is 1. The van der Waals surface area contributed by atoms with Crippen LogP contribution in [0, 0.1) is 17.1 Å². The number of imidazole rings is 1. The van der Waals surface area contributed by atoms with Gasteiger partial charge in [0.2, 0.25) is 0 Å². The lowest BCUT2D eigenvalue weighted by atomic mass is 9.88. The van der Waals surface area contributed by atoms with Gasteiger partial charge in [0.05, 0.1) is 40.3 Å². The molecular weight excluding hydrogens is 531 g/mol. The molecule has 0 radical (unpaired) electrons. The number of nitriles is 1. The molecule has 4 aromatic rings. The second kappa shape index (κ2) is 12.3. The van der Waals surface area contributed by atoms with Gasteiger partial charge in [-0.25, -0.2) is 9.37 Å². The van der Waals surface area contributed by atoms with E-state index >= 15 is 4.39 Å². The number of rotatable bonds is 7. The molecule has 0 aliphatic carbocycles. The molecular formula is C32H35FN8O. The smallest absolute Gasteiger partial charge is 0.289 e. The highest BCUT2D eigenvalue weighted by Gasteiger charge is 2.27. The van der Waals surface area contributed by atoms with Crippen molar-refractivity contribution in [3.8, 4) is 6.07 Å². The first-order chi connectivity index (χ1) is 20.5. The number of fused-ring (bicyclic) bond motifs is 1. The summed E-state index contributed by atoms with van der Waals surface area (Å²) in [7, 11) is 0. The van der Waals surface area contributed by atoms with Crippen LogP contribution in [0.1, 0.15) is 64.4 Å². The second-order valence-electron chi connectivity index (χ2n) is 11.3. The van der Waals surface area contributed by atoms with Crippen LogP contribution in [0.25, 0.3) is 11.0 Å². The van der Waals surface area contributed by atoms with Crippen molar-refractivity contribution in [3.63, 3.8) is 0 Å². The minimum Gasteiger partial charge on any atom is -0.334 e. The number of nitrogens with one attached hydrogen (secondary N) is 1.